The van der Waals surface area contributed by atoms with Crippen molar-refractivity contribution in [3.05, 3.63) is 33.8 Å². The lowest BCUT2D eigenvalue weighted by atomic mass is 10.0. The monoisotopic (exact) mass is 346 g/mol. The van der Waals surface area contributed by atoms with Gasteiger partial charge in [0, 0.05) is 13.5 Å². The van der Waals surface area contributed by atoms with Crippen LogP contribution in [0.5, 0.6) is 0 Å². The predicted octanol–water partition coefficient (Wildman–Crippen LogP) is 2.19. The van der Waals surface area contributed by atoms with Gasteiger partial charge >= 0.3 is 0 Å². The minimum Gasteiger partial charge on any atom is -0.383 e. The molecule has 1 aromatic rings. The van der Waals surface area contributed by atoms with E-state index in [2.05, 4.69) is 10.6 Å². The molecular weight excluding hydrogens is 327 g/mol. The number of carbonyl (C=O) groups is 2. The molecular formula is C15H20Cl2N2O3. The van der Waals surface area contributed by atoms with Crippen molar-refractivity contribution in [2.24, 2.45) is 0 Å². The Morgan fingerprint density at radius 3 is 2.64 bits per heavy atom. The normalized spacial score (nSPS) is 13.3. The molecule has 2 amide bonds. The Morgan fingerprint density at radius 1 is 1.36 bits per heavy atom. The summed E-state index contributed by atoms with van der Waals surface area (Å²) >= 11 is 11.8. The van der Waals surface area contributed by atoms with Crippen molar-refractivity contribution in [3.63, 3.8) is 0 Å². The summed E-state index contributed by atoms with van der Waals surface area (Å²) in [6.07, 6.45) is 1.57. The van der Waals surface area contributed by atoms with E-state index in [0.29, 0.717) is 29.5 Å². The minimum atomic E-state index is -0.680. The van der Waals surface area contributed by atoms with Gasteiger partial charge in [-0.2, -0.15) is 0 Å². The van der Waals surface area contributed by atoms with Gasteiger partial charge in [-0.3, -0.25) is 9.59 Å². The molecule has 0 unspecified atom stereocenters. The molecule has 1 rings (SSSR count). The molecule has 0 radical (unpaired) electrons. The molecule has 0 aliphatic rings. The highest BCUT2D eigenvalue weighted by atomic mass is 35.5. The summed E-state index contributed by atoms with van der Waals surface area (Å²) in [7, 11) is 1.58. The number of hydrogen-bond acceptors (Lipinski definition) is 3. The number of benzene rings is 1. The molecule has 5 nitrogen and oxygen atoms in total. The van der Waals surface area contributed by atoms with E-state index in [4.69, 9.17) is 27.9 Å². The fourth-order valence-corrected chi connectivity index (χ4v) is 2.30. The van der Waals surface area contributed by atoms with Gasteiger partial charge in [-0.1, -0.05) is 36.2 Å². The van der Waals surface area contributed by atoms with Gasteiger partial charge in [0.1, 0.15) is 6.04 Å². The number of carbonyl (C=O) groups excluding carboxylic acids is 2. The molecule has 0 aliphatic carbocycles. The van der Waals surface area contributed by atoms with E-state index in [9.17, 15) is 9.59 Å². The number of rotatable bonds is 9. The molecule has 0 spiro atoms. The van der Waals surface area contributed by atoms with E-state index in [1.54, 1.807) is 25.3 Å². The van der Waals surface area contributed by atoms with Crippen LogP contribution in [0.15, 0.2) is 18.2 Å². The third-order valence-corrected chi connectivity index (χ3v) is 3.96. The van der Waals surface area contributed by atoms with Crippen molar-refractivity contribution >= 4 is 35.5 Å². The number of hydrogen-bond donors (Lipinski definition) is 2. The maximum atomic E-state index is 12.3. The van der Waals surface area contributed by atoms with Crippen LogP contribution in [0.3, 0.4) is 0 Å². The number of ether oxygens (including phenoxy) is 1. The van der Waals surface area contributed by atoms with Crippen molar-refractivity contribution in [2.45, 2.75) is 31.8 Å². The van der Waals surface area contributed by atoms with Crippen LogP contribution >= 0.6 is 23.2 Å². The van der Waals surface area contributed by atoms with Crippen molar-refractivity contribution in [3.8, 4) is 0 Å². The first-order valence-electron chi connectivity index (χ1n) is 6.94. The summed E-state index contributed by atoms with van der Waals surface area (Å²) < 4.78 is 5.05. The third kappa shape index (κ3) is 5.83. The Bertz CT molecular complexity index is 512. The Morgan fingerprint density at radius 2 is 2.09 bits per heavy atom. The van der Waals surface area contributed by atoms with Gasteiger partial charge in [0.15, 0.2) is 0 Å². The van der Waals surface area contributed by atoms with Crippen molar-refractivity contribution in [2.75, 3.05) is 13.7 Å². The molecule has 22 heavy (non-hydrogen) atoms. The topological polar surface area (TPSA) is 67.4 Å². The quantitative estimate of drug-likeness (QED) is 0.673. The SMILES string of the molecule is CC[C@@H](COC)NC(=O)[C@H](Cc1ccc(Cl)c(Cl)c1)NC=O. The zero-order valence-electron chi connectivity index (χ0n) is 12.6. The molecule has 0 saturated heterocycles. The standard InChI is InChI=1S/C15H20Cl2N2O3/c1-3-11(8-22-2)19-15(21)14(18-9-20)7-10-4-5-12(16)13(17)6-10/h4-6,9,11,14H,3,7-8H2,1-2H3,(H,18,20)(H,19,21)/t11-,14-/m0/s1. The first-order valence-corrected chi connectivity index (χ1v) is 7.70. The molecule has 0 heterocycles. The lowest BCUT2D eigenvalue weighted by molar-refractivity contribution is -0.126. The van der Waals surface area contributed by atoms with E-state index >= 15 is 0 Å². The van der Waals surface area contributed by atoms with E-state index in [-0.39, 0.29) is 11.9 Å². The summed E-state index contributed by atoms with van der Waals surface area (Å²) in [5, 5.41) is 6.24. The van der Waals surface area contributed by atoms with Crippen LogP contribution in [0, 0.1) is 0 Å². The summed E-state index contributed by atoms with van der Waals surface area (Å²) in [6, 6.07) is 4.34. The van der Waals surface area contributed by atoms with E-state index in [1.165, 1.54) is 0 Å². The largest absolute Gasteiger partial charge is 0.383 e. The Balaban J connectivity index is 2.76. The number of amides is 2. The second kappa shape index (κ2) is 9.66. The van der Waals surface area contributed by atoms with Crippen LogP contribution in [0.4, 0.5) is 0 Å². The van der Waals surface area contributed by atoms with Gasteiger partial charge in [-0.15, -0.1) is 0 Å². The number of methoxy groups -OCH3 is 1. The average Bonchev–Trinajstić information content (AvgIpc) is 2.49. The zero-order chi connectivity index (χ0) is 16.5. The predicted molar refractivity (Wildman–Crippen MR) is 87.3 cm³/mol. The van der Waals surface area contributed by atoms with Gasteiger partial charge in [-0.05, 0) is 24.1 Å². The van der Waals surface area contributed by atoms with Crippen LogP contribution in [-0.2, 0) is 20.7 Å². The summed E-state index contributed by atoms with van der Waals surface area (Å²) in [4.78, 5) is 23.0. The smallest absolute Gasteiger partial charge is 0.243 e. The molecule has 1 aromatic carbocycles. The molecule has 2 N–H and O–H groups in total. The fourth-order valence-electron chi connectivity index (χ4n) is 1.98. The van der Waals surface area contributed by atoms with Crippen LogP contribution < -0.4 is 10.6 Å². The van der Waals surface area contributed by atoms with Crippen molar-refractivity contribution < 1.29 is 14.3 Å². The van der Waals surface area contributed by atoms with Crippen LogP contribution in [-0.4, -0.2) is 38.1 Å². The van der Waals surface area contributed by atoms with Gasteiger partial charge in [-0.25, -0.2) is 0 Å². The molecule has 7 heteroatoms. The van der Waals surface area contributed by atoms with Gasteiger partial charge in [0.05, 0.1) is 22.7 Å². The highest BCUT2D eigenvalue weighted by molar-refractivity contribution is 6.42. The Labute approximate surface area is 140 Å². The van der Waals surface area contributed by atoms with Gasteiger partial charge in [0.25, 0.3) is 0 Å². The molecule has 0 saturated carbocycles. The molecule has 0 bridgehead atoms. The van der Waals surface area contributed by atoms with Crippen LogP contribution in [0.25, 0.3) is 0 Å². The zero-order valence-corrected chi connectivity index (χ0v) is 14.1. The second-order valence-corrected chi connectivity index (χ2v) is 5.67. The minimum absolute atomic E-state index is 0.0951. The molecule has 0 fully saturated rings. The molecule has 122 valence electrons. The third-order valence-electron chi connectivity index (χ3n) is 3.22. The second-order valence-electron chi connectivity index (χ2n) is 4.86. The first-order chi connectivity index (χ1) is 10.5. The highest BCUT2D eigenvalue weighted by Gasteiger charge is 2.21. The van der Waals surface area contributed by atoms with Crippen molar-refractivity contribution in [1.29, 1.82) is 0 Å². The van der Waals surface area contributed by atoms with Crippen LogP contribution in [0.2, 0.25) is 10.0 Å². The van der Waals surface area contributed by atoms with Crippen LogP contribution in [0.1, 0.15) is 18.9 Å². The lowest BCUT2D eigenvalue weighted by Gasteiger charge is -2.21. The lowest BCUT2D eigenvalue weighted by Crippen LogP contribution is -2.49. The van der Waals surface area contributed by atoms with Gasteiger partial charge in [0.2, 0.25) is 12.3 Å². The molecule has 0 aliphatic heterocycles. The van der Waals surface area contributed by atoms with Gasteiger partial charge < -0.3 is 15.4 Å². The molecule has 2 atom stereocenters. The number of nitrogens with one attached hydrogen (secondary N) is 2. The van der Waals surface area contributed by atoms with E-state index < -0.39 is 6.04 Å². The maximum Gasteiger partial charge on any atom is 0.243 e. The molecule has 0 aromatic heterocycles. The van der Waals surface area contributed by atoms with Crippen molar-refractivity contribution in [1.82, 2.24) is 10.6 Å². The number of halogens is 2. The maximum absolute atomic E-state index is 12.3. The first kappa shape index (κ1) is 18.7. The Hall–Kier alpha value is -1.30. The summed E-state index contributed by atoms with van der Waals surface area (Å²) in [6.45, 7) is 2.37. The Kier molecular flexibility index (Phi) is 8.24. The fraction of sp³-hybridized carbons (Fsp3) is 0.467. The average molecular weight is 347 g/mol. The van der Waals surface area contributed by atoms with E-state index in [1.807, 2.05) is 6.92 Å². The van der Waals surface area contributed by atoms with E-state index in [0.717, 1.165) is 12.0 Å². The highest BCUT2D eigenvalue weighted by Crippen LogP contribution is 2.23. The summed E-state index contributed by atoms with van der Waals surface area (Å²) in [5.74, 6) is -0.262. The summed E-state index contributed by atoms with van der Waals surface area (Å²) in [5.41, 5.74) is 0.809.